The van der Waals surface area contributed by atoms with Crippen molar-refractivity contribution in [3.8, 4) is 34.0 Å². The number of rotatable bonds is 9. The van der Waals surface area contributed by atoms with E-state index < -0.39 is 5.60 Å². The number of esters is 1. The van der Waals surface area contributed by atoms with Gasteiger partial charge in [0.25, 0.3) is 5.89 Å². The molecule has 1 atom stereocenters. The highest BCUT2D eigenvalue weighted by Crippen LogP contribution is 2.35. The Morgan fingerprint density at radius 1 is 0.974 bits per heavy atom. The van der Waals surface area contributed by atoms with Crippen LogP contribution >= 0.6 is 0 Å². The Hall–Kier alpha value is -3.81. The molecule has 0 spiro atoms. The molecular weight excluding hydrogens is 480 g/mol. The number of ether oxygens (including phenoxy) is 3. The maximum atomic E-state index is 11.8. The van der Waals surface area contributed by atoms with Gasteiger partial charge in [0.1, 0.15) is 12.2 Å². The minimum atomic E-state index is -0.530. The van der Waals surface area contributed by atoms with Crippen LogP contribution in [0.5, 0.6) is 0 Å². The van der Waals surface area contributed by atoms with Crippen molar-refractivity contribution in [2.45, 2.75) is 52.9 Å². The minimum Gasteiger partial charge on any atom is -0.458 e. The molecule has 7 nitrogen and oxygen atoms in total. The number of carbonyl (C=O) groups excluding carboxylic acids is 1. The van der Waals surface area contributed by atoms with Gasteiger partial charge in [0.05, 0.1) is 12.7 Å². The van der Waals surface area contributed by atoms with Gasteiger partial charge >= 0.3 is 5.97 Å². The van der Waals surface area contributed by atoms with Gasteiger partial charge in [-0.05, 0) is 74.6 Å². The monoisotopic (exact) mass is 514 g/mol. The van der Waals surface area contributed by atoms with Crippen molar-refractivity contribution in [1.82, 2.24) is 10.1 Å². The Labute approximate surface area is 223 Å². The first-order valence-corrected chi connectivity index (χ1v) is 12.6. The van der Waals surface area contributed by atoms with Gasteiger partial charge < -0.3 is 18.7 Å². The molecule has 0 saturated heterocycles. The molecule has 4 rings (SSSR count). The molecule has 0 saturated carbocycles. The van der Waals surface area contributed by atoms with Gasteiger partial charge in [0, 0.05) is 18.2 Å². The summed E-state index contributed by atoms with van der Waals surface area (Å²) < 4.78 is 22.0. The minimum absolute atomic E-state index is 0.0977. The fourth-order valence-electron chi connectivity index (χ4n) is 4.11. The van der Waals surface area contributed by atoms with E-state index in [1.165, 1.54) is 11.1 Å². The maximum Gasteiger partial charge on any atom is 0.332 e. The van der Waals surface area contributed by atoms with Crippen LogP contribution in [0.15, 0.2) is 71.3 Å². The van der Waals surface area contributed by atoms with Crippen molar-refractivity contribution in [2.75, 3.05) is 13.7 Å². The van der Waals surface area contributed by atoms with E-state index in [0.717, 1.165) is 27.8 Å². The Kier molecular flexibility index (Phi) is 8.39. The van der Waals surface area contributed by atoms with Crippen molar-refractivity contribution < 1.29 is 23.5 Å². The third-order valence-electron chi connectivity index (χ3n) is 6.07. The molecule has 0 fully saturated rings. The third-order valence-corrected chi connectivity index (χ3v) is 6.07. The first kappa shape index (κ1) is 27.2. The van der Waals surface area contributed by atoms with Crippen LogP contribution in [0.4, 0.5) is 0 Å². The largest absolute Gasteiger partial charge is 0.458 e. The van der Waals surface area contributed by atoms with E-state index in [2.05, 4.69) is 41.3 Å². The lowest BCUT2D eigenvalue weighted by Gasteiger charge is -2.19. The Balaban J connectivity index is 1.48. The Morgan fingerprint density at radius 3 is 2.37 bits per heavy atom. The van der Waals surface area contributed by atoms with Gasteiger partial charge in [-0.25, -0.2) is 4.79 Å². The second kappa shape index (κ2) is 11.7. The number of carbonyl (C=O) groups is 1. The van der Waals surface area contributed by atoms with Crippen LogP contribution in [0.1, 0.15) is 50.5 Å². The van der Waals surface area contributed by atoms with Crippen LogP contribution in [0.2, 0.25) is 0 Å². The molecule has 1 aromatic heterocycles. The van der Waals surface area contributed by atoms with Gasteiger partial charge in [0.15, 0.2) is 0 Å². The standard InChI is InChI=1S/C31H34N2O5/c1-20-9-7-8-10-25(20)26-16-15-24(17-27(26)21(2)35-6)30-32-29(33-38-30)23-13-11-22(12-14-23)18-36-19-28(34)37-31(3,4)5/h7-17,21H,18-19H2,1-6H3. The van der Waals surface area contributed by atoms with Gasteiger partial charge in [-0.15, -0.1) is 0 Å². The lowest BCUT2D eigenvalue weighted by atomic mass is 9.92. The molecule has 0 aliphatic carbocycles. The highest BCUT2D eigenvalue weighted by Gasteiger charge is 2.18. The van der Waals surface area contributed by atoms with Crippen LogP contribution in [-0.4, -0.2) is 35.4 Å². The fourth-order valence-corrected chi connectivity index (χ4v) is 4.11. The molecule has 3 aromatic carbocycles. The van der Waals surface area contributed by atoms with Gasteiger partial charge in [-0.1, -0.05) is 59.8 Å². The van der Waals surface area contributed by atoms with Crippen LogP contribution < -0.4 is 0 Å². The number of benzene rings is 3. The number of hydrogen-bond donors (Lipinski definition) is 0. The summed E-state index contributed by atoms with van der Waals surface area (Å²) in [7, 11) is 1.70. The molecule has 0 amide bonds. The van der Waals surface area contributed by atoms with Crippen LogP contribution in [0.25, 0.3) is 34.0 Å². The van der Waals surface area contributed by atoms with Crippen LogP contribution in [-0.2, 0) is 25.6 Å². The summed E-state index contributed by atoms with van der Waals surface area (Å²) >= 11 is 0. The van der Waals surface area contributed by atoms with Crippen LogP contribution in [0.3, 0.4) is 0 Å². The van der Waals surface area contributed by atoms with E-state index in [0.29, 0.717) is 18.3 Å². The SMILES string of the molecule is COC(C)c1cc(-c2nc(-c3ccc(COCC(=O)OC(C)(C)C)cc3)no2)ccc1-c1ccccc1C. The molecule has 0 bridgehead atoms. The highest BCUT2D eigenvalue weighted by molar-refractivity contribution is 5.74. The molecule has 7 heteroatoms. The Bertz CT molecular complexity index is 1390. The first-order chi connectivity index (χ1) is 18.1. The zero-order chi connectivity index (χ0) is 27.3. The average molecular weight is 515 g/mol. The highest BCUT2D eigenvalue weighted by atomic mass is 16.6. The third kappa shape index (κ3) is 6.73. The summed E-state index contributed by atoms with van der Waals surface area (Å²) in [4.78, 5) is 16.4. The first-order valence-electron chi connectivity index (χ1n) is 12.6. The van der Waals surface area contributed by atoms with Crippen molar-refractivity contribution in [1.29, 1.82) is 0 Å². The molecule has 0 N–H and O–H groups in total. The zero-order valence-electron chi connectivity index (χ0n) is 22.8. The average Bonchev–Trinajstić information content (AvgIpc) is 3.38. The number of aryl methyl sites for hydroxylation is 1. The summed E-state index contributed by atoms with van der Waals surface area (Å²) in [6.07, 6.45) is -0.114. The summed E-state index contributed by atoms with van der Waals surface area (Å²) in [5.74, 6) is 0.541. The lowest BCUT2D eigenvalue weighted by Crippen LogP contribution is -2.26. The van der Waals surface area contributed by atoms with E-state index in [4.69, 9.17) is 18.7 Å². The fraction of sp³-hybridized carbons (Fsp3) is 0.323. The molecule has 1 heterocycles. The van der Waals surface area contributed by atoms with Gasteiger partial charge in [-0.2, -0.15) is 4.98 Å². The summed E-state index contributed by atoms with van der Waals surface area (Å²) in [6, 6.07) is 22.1. The van der Waals surface area contributed by atoms with Gasteiger partial charge in [-0.3, -0.25) is 0 Å². The topological polar surface area (TPSA) is 83.7 Å². The maximum absolute atomic E-state index is 11.8. The summed E-state index contributed by atoms with van der Waals surface area (Å²) in [5, 5.41) is 4.19. The normalized spacial score (nSPS) is 12.4. The van der Waals surface area contributed by atoms with Gasteiger partial charge in [0.2, 0.25) is 5.82 Å². The zero-order valence-corrected chi connectivity index (χ0v) is 22.8. The lowest BCUT2D eigenvalue weighted by molar-refractivity contribution is -0.160. The predicted octanol–water partition coefficient (Wildman–Crippen LogP) is 6.94. The second-order valence-corrected chi connectivity index (χ2v) is 10.2. The molecule has 38 heavy (non-hydrogen) atoms. The van der Waals surface area contributed by atoms with Crippen molar-refractivity contribution in [3.63, 3.8) is 0 Å². The number of nitrogens with zero attached hydrogens (tertiary/aromatic N) is 2. The molecule has 0 aliphatic rings. The predicted molar refractivity (Wildman–Crippen MR) is 146 cm³/mol. The van der Waals surface area contributed by atoms with E-state index in [1.807, 2.05) is 70.2 Å². The van der Waals surface area contributed by atoms with Crippen molar-refractivity contribution in [2.24, 2.45) is 0 Å². The van der Waals surface area contributed by atoms with E-state index in [-0.39, 0.29) is 18.7 Å². The van der Waals surface area contributed by atoms with Crippen molar-refractivity contribution >= 4 is 5.97 Å². The molecule has 0 aliphatic heterocycles. The summed E-state index contributed by atoms with van der Waals surface area (Å²) in [5.41, 5.74) is 6.57. The van der Waals surface area contributed by atoms with Crippen molar-refractivity contribution in [3.05, 3.63) is 83.4 Å². The van der Waals surface area contributed by atoms with Crippen LogP contribution in [0, 0.1) is 6.92 Å². The Morgan fingerprint density at radius 2 is 1.68 bits per heavy atom. The van der Waals surface area contributed by atoms with E-state index >= 15 is 0 Å². The molecular formula is C31H34N2O5. The number of aromatic nitrogens is 2. The number of hydrogen-bond acceptors (Lipinski definition) is 7. The number of methoxy groups -OCH3 is 1. The quantitative estimate of drug-likeness (QED) is 0.224. The molecule has 198 valence electrons. The van der Waals surface area contributed by atoms with E-state index in [1.54, 1.807) is 7.11 Å². The molecule has 4 aromatic rings. The summed E-state index contributed by atoms with van der Waals surface area (Å²) in [6.45, 7) is 9.81. The molecule has 1 unspecified atom stereocenters. The second-order valence-electron chi connectivity index (χ2n) is 10.2. The smallest absolute Gasteiger partial charge is 0.332 e. The van der Waals surface area contributed by atoms with E-state index in [9.17, 15) is 4.79 Å². The molecule has 0 radical (unpaired) electrons.